The molecule has 10 aromatic carbocycles. The van der Waals surface area contributed by atoms with Gasteiger partial charge in [-0.15, -0.1) is 11.3 Å². The van der Waals surface area contributed by atoms with Gasteiger partial charge in [0.05, 0.1) is 16.8 Å². The summed E-state index contributed by atoms with van der Waals surface area (Å²) in [5.74, 6) is 2.34. The zero-order valence-corrected chi connectivity index (χ0v) is 38.7. The topological polar surface area (TPSA) is 3.24 Å². The number of rotatable bonds is 8. The second-order valence-corrected chi connectivity index (χ2v) is 20.5. The highest BCUT2D eigenvalue weighted by Gasteiger charge is 2.46. The molecule has 1 heterocycles. The van der Waals surface area contributed by atoms with Crippen molar-refractivity contribution in [1.29, 1.82) is 0 Å². The summed E-state index contributed by atoms with van der Waals surface area (Å²) >= 11 is 1.90. The Kier molecular flexibility index (Phi) is 9.21. The Balaban J connectivity index is 1.04. The smallest absolute Gasteiger partial charge is 0.0714 e. The molecule has 3 unspecified atom stereocenters. The van der Waals surface area contributed by atoms with Gasteiger partial charge < -0.3 is 4.90 Å². The molecule has 2 bridgehead atoms. The van der Waals surface area contributed by atoms with Crippen LogP contribution in [0.5, 0.6) is 0 Å². The van der Waals surface area contributed by atoms with E-state index in [2.05, 4.69) is 235 Å². The Hall–Kier alpha value is -7.52. The van der Waals surface area contributed by atoms with Crippen LogP contribution >= 0.6 is 11.3 Å². The second-order valence-electron chi connectivity index (χ2n) is 19.4. The number of fused-ring (bicyclic) bond motifs is 9. The number of hydrogen-bond donors (Lipinski definition) is 0. The highest BCUT2D eigenvalue weighted by molar-refractivity contribution is 7.26. The monoisotopic (exact) mass is 887 g/mol. The number of para-hydroxylation sites is 2. The third kappa shape index (κ3) is 5.93. The van der Waals surface area contributed by atoms with E-state index in [9.17, 15) is 0 Å². The molecule has 324 valence electrons. The summed E-state index contributed by atoms with van der Waals surface area (Å²) in [6.45, 7) is 0. The Bertz CT molecular complexity index is 3690. The van der Waals surface area contributed by atoms with Crippen molar-refractivity contribution in [3.05, 3.63) is 258 Å². The molecule has 11 aromatic rings. The van der Waals surface area contributed by atoms with Crippen molar-refractivity contribution in [3.8, 4) is 33.4 Å². The van der Waals surface area contributed by atoms with Gasteiger partial charge in [-0.3, -0.25) is 0 Å². The van der Waals surface area contributed by atoms with Gasteiger partial charge in [0, 0.05) is 42.6 Å². The first-order valence-corrected chi connectivity index (χ1v) is 25.3. The molecule has 14 rings (SSSR count). The van der Waals surface area contributed by atoms with Gasteiger partial charge in [0.2, 0.25) is 0 Å². The van der Waals surface area contributed by atoms with E-state index in [1.807, 2.05) is 11.3 Å². The molecule has 2 saturated carbocycles. The molecule has 1 nitrogen and oxygen atoms in total. The fraction of sp³-hybridized carbons (Fsp3) is 0.121. The summed E-state index contributed by atoms with van der Waals surface area (Å²) in [5, 5.41) is 5.36. The fourth-order valence-electron chi connectivity index (χ4n) is 13.2. The zero-order valence-electron chi connectivity index (χ0n) is 37.9. The van der Waals surface area contributed by atoms with Crippen LogP contribution in [0.15, 0.2) is 231 Å². The molecule has 2 heteroatoms. The van der Waals surface area contributed by atoms with Gasteiger partial charge in [-0.2, -0.15) is 0 Å². The van der Waals surface area contributed by atoms with Gasteiger partial charge in [-0.1, -0.05) is 207 Å². The molecular formula is C66H49NS. The van der Waals surface area contributed by atoms with Gasteiger partial charge in [-0.25, -0.2) is 0 Å². The lowest BCUT2D eigenvalue weighted by molar-refractivity contribution is 0.422. The van der Waals surface area contributed by atoms with Crippen molar-refractivity contribution in [1.82, 2.24) is 0 Å². The normalized spacial score (nSPS) is 17.7. The van der Waals surface area contributed by atoms with Crippen LogP contribution in [0.3, 0.4) is 0 Å². The Morgan fingerprint density at radius 1 is 0.397 bits per heavy atom. The molecular weight excluding hydrogens is 839 g/mol. The number of anilines is 3. The Morgan fingerprint density at radius 3 is 1.69 bits per heavy atom. The van der Waals surface area contributed by atoms with Crippen molar-refractivity contribution in [2.45, 2.75) is 37.0 Å². The maximum absolute atomic E-state index is 2.58. The first-order valence-electron chi connectivity index (χ1n) is 24.5. The van der Waals surface area contributed by atoms with E-state index in [0.29, 0.717) is 5.92 Å². The highest BCUT2D eigenvalue weighted by Crippen LogP contribution is 2.59. The molecule has 1 aromatic heterocycles. The lowest BCUT2D eigenvalue weighted by atomic mass is 9.67. The van der Waals surface area contributed by atoms with Crippen LogP contribution in [0.1, 0.15) is 59.4 Å². The first-order chi connectivity index (χ1) is 33.7. The van der Waals surface area contributed by atoms with Crippen molar-refractivity contribution < 1.29 is 0 Å². The van der Waals surface area contributed by atoms with Crippen LogP contribution in [-0.4, -0.2) is 0 Å². The summed E-state index contributed by atoms with van der Waals surface area (Å²) in [7, 11) is 0. The van der Waals surface area contributed by atoms with Crippen LogP contribution in [0.2, 0.25) is 0 Å². The van der Waals surface area contributed by atoms with E-state index >= 15 is 0 Å². The van der Waals surface area contributed by atoms with Gasteiger partial charge in [0.25, 0.3) is 0 Å². The number of hydrogen-bond acceptors (Lipinski definition) is 2. The Morgan fingerprint density at radius 2 is 0.971 bits per heavy atom. The first kappa shape index (κ1) is 39.6. The van der Waals surface area contributed by atoms with E-state index < -0.39 is 5.41 Å². The molecule has 3 aliphatic rings. The minimum absolute atomic E-state index is 0.538. The summed E-state index contributed by atoms with van der Waals surface area (Å²) in [6, 6.07) is 87.0. The zero-order chi connectivity index (χ0) is 44.8. The van der Waals surface area contributed by atoms with Gasteiger partial charge in [0.15, 0.2) is 0 Å². The van der Waals surface area contributed by atoms with Crippen LogP contribution in [0.25, 0.3) is 64.3 Å². The van der Waals surface area contributed by atoms with Crippen molar-refractivity contribution in [2.24, 2.45) is 11.8 Å². The average molecular weight is 888 g/mol. The van der Waals surface area contributed by atoms with Crippen molar-refractivity contribution >= 4 is 59.3 Å². The standard InChI is InChI=1S/C66H49NS/c1-3-18-45(19-4-1)66(46-20-5-2-6-21-46)60-30-13-9-24-52(60)53-37-36-47(42-61(53)66)67(63-32-15-11-26-55(63)57-28-17-29-58-56-27-12-16-33-64(56)68-65(57)58)62-31-14-10-25-54(62)50-38-39-51(49-23-8-7-22-48(49)50)59-41-43-34-35-44(59)40-43/h1-33,36-39,42-44,59H,34-35,40-41H2. The SMILES string of the molecule is c1ccc(C2(c3ccccc3)c3ccccc3-c3ccc(N(c4ccccc4-c4ccc(C5CC6CCC5C6)c5ccccc45)c4ccccc4-c4cccc5c4sc4ccccc45)cc32)cc1. The molecule has 0 saturated heterocycles. The molecule has 3 aliphatic carbocycles. The van der Waals surface area contributed by atoms with Crippen LogP contribution in [0, 0.1) is 11.8 Å². The quantitative estimate of drug-likeness (QED) is 0.147. The average Bonchev–Trinajstić information content (AvgIpc) is 4.21. The largest absolute Gasteiger partial charge is 0.309 e. The van der Waals surface area contributed by atoms with E-state index in [1.165, 1.54) is 112 Å². The Labute approximate surface area is 402 Å². The van der Waals surface area contributed by atoms with Crippen molar-refractivity contribution in [2.75, 3.05) is 4.90 Å². The van der Waals surface area contributed by atoms with Crippen LogP contribution in [-0.2, 0) is 5.41 Å². The number of nitrogens with zero attached hydrogens (tertiary/aromatic N) is 1. The minimum atomic E-state index is -0.538. The fourth-order valence-corrected chi connectivity index (χ4v) is 14.5. The van der Waals surface area contributed by atoms with Crippen LogP contribution in [0.4, 0.5) is 17.1 Å². The summed E-state index contributed by atoms with van der Waals surface area (Å²) in [4.78, 5) is 2.58. The number of benzene rings is 10. The molecule has 2 fully saturated rings. The van der Waals surface area contributed by atoms with E-state index in [0.717, 1.165) is 28.9 Å². The summed E-state index contributed by atoms with van der Waals surface area (Å²) in [6.07, 6.45) is 5.51. The predicted molar refractivity (Wildman–Crippen MR) is 288 cm³/mol. The molecule has 0 N–H and O–H groups in total. The predicted octanol–water partition coefficient (Wildman–Crippen LogP) is 18.3. The van der Waals surface area contributed by atoms with Gasteiger partial charge in [-0.05, 0) is 123 Å². The van der Waals surface area contributed by atoms with E-state index in [-0.39, 0.29) is 0 Å². The molecule has 0 radical (unpaired) electrons. The van der Waals surface area contributed by atoms with E-state index in [1.54, 1.807) is 5.56 Å². The lowest BCUT2D eigenvalue weighted by Crippen LogP contribution is -2.28. The van der Waals surface area contributed by atoms with E-state index in [4.69, 9.17) is 0 Å². The molecule has 0 spiro atoms. The molecule has 3 atom stereocenters. The number of thiophene rings is 1. The lowest BCUT2D eigenvalue weighted by Gasteiger charge is -2.35. The second kappa shape index (κ2) is 15.8. The molecule has 0 amide bonds. The van der Waals surface area contributed by atoms with Gasteiger partial charge >= 0.3 is 0 Å². The highest BCUT2D eigenvalue weighted by atomic mass is 32.1. The maximum atomic E-state index is 2.58. The third-order valence-corrected chi connectivity index (χ3v) is 17.3. The summed E-state index contributed by atoms with van der Waals surface area (Å²) < 4.78 is 2.62. The third-order valence-electron chi connectivity index (χ3n) is 16.1. The minimum Gasteiger partial charge on any atom is -0.309 e. The van der Waals surface area contributed by atoms with Crippen molar-refractivity contribution in [3.63, 3.8) is 0 Å². The molecule has 0 aliphatic heterocycles. The molecule has 68 heavy (non-hydrogen) atoms. The van der Waals surface area contributed by atoms with Crippen LogP contribution < -0.4 is 4.90 Å². The van der Waals surface area contributed by atoms with Gasteiger partial charge in [0.1, 0.15) is 0 Å². The summed E-state index contributed by atoms with van der Waals surface area (Å²) in [5.41, 5.74) is 17.1. The maximum Gasteiger partial charge on any atom is 0.0714 e.